The predicted molar refractivity (Wildman–Crippen MR) is 78.4 cm³/mol. The first-order valence-electron chi connectivity index (χ1n) is 6.00. The molecule has 0 saturated carbocycles. The van der Waals surface area contributed by atoms with E-state index in [1.807, 2.05) is 36.4 Å². The Hall–Kier alpha value is -2.39. The molecule has 0 aliphatic rings. The van der Waals surface area contributed by atoms with Crippen molar-refractivity contribution >= 4 is 12.2 Å². The van der Waals surface area contributed by atoms with Crippen molar-refractivity contribution in [1.82, 2.24) is 9.97 Å². The highest BCUT2D eigenvalue weighted by molar-refractivity contribution is 5.60. The van der Waals surface area contributed by atoms with Gasteiger partial charge in [-0.05, 0) is 17.7 Å². The van der Waals surface area contributed by atoms with Crippen molar-refractivity contribution in [3.8, 4) is 0 Å². The van der Waals surface area contributed by atoms with Crippen molar-refractivity contribution in [3.05, 3.63) is 78.4 Å². The Morgan fingerprint density at radius 2 is 1.95 bits per heavy atom. The van der Waals surface area contributed by atoms with E-state index in [1.165, 1.54) is 0 Å². The first kappa shape index (κ1) is 13.1. The molecular formula is C16H16N2O. The third-order valence-corrected chi connectivity index (χ3v) is 2.75. The molecule has 1 aromatic carbocycles. The zero-order valence-corrected chi connectivity index (χ0v) is 10.6. The quantitative estimate of drug-likeness (QED) is 0.802. The molecule has 3 nitrogen and oxygen atoms in total. The minimum atomic E-state index is -0.772. The van der Waals surface area contributed by atoms with E-state index in [-0.39, 0.29) is 0 Å². The number of aliphatic hydroxyl groups excluding tert-OH is 1. The van der Waals surface area contributed by atoms with E-state index in [4.69, 9.17) is 0 Å². The zero-order chi connectivity index (χ0) is 13.7. The molecule has 19 heavy (non-hydrogen) atoms. The van der Waals surface area contributed by atoms with Gasteiger partial charge in [-0.1, -0.05) is 55.6 Å². The molecule has 2 aromatic rings. The van der Waals surface area contributed by atoms with Gasteiger partial charge in [-0.2, -0.15) is 0 Å². The summed E-state index contributed by atoms with van der Waals surface area (Å²) in [5, 5.41) is 10.3. The lowest BCUT2D eigenvalue weighted by Gasteiger charge is -2.07. The maximum atomic E-state index is 10.3. The second-order valence-electron chi connectivity index (χ2n) is 4.03. The average molecular weight is 252 g/mol. The van der Waals surface area contributed by atoms with E-state index in [9.17, 15) is 5.11 Å². The molecule has 96 valence electrons. The maximum Gasteiger partial charge on any atom is 0.140 e. The van der Waals surface area contributed by atoms with Gasteiger partial charge in [0.1, 0.15) is 11.9 Å². The van der Waals surface area contributed by atoms with Crippen molar-refractivity contribution in [2.24, 2.45) is 0 Å². The third-order valence-electron chi connectivity index (χ3n) is 2.75. The number of nitrogens with zero attached hydrogens (tertiary/aromatic N) is 1. The van der Waals surface area contributed by atoms with Crippen LogP contribution in [0.1, 0.15) is 28.9 Å². The van der Waals surface area contributed by atoms with Gasteiger partial charge in [0.15, 0.2) is 0 Å². The number of aromatic nitrogens is 2. The first-order chi connectivity index (χ1) is 9.26. The van der Waals surface area contributed by atoms with Gasteiger partial charge < -0.3 is 10.1 Å². The monoisotopic (exact) mass is 252 g/mol. The highest BCUT2D eigenvalue weighted by Gasteiger charge is 2.15. The summed E-state index contributed by atoms with van der Waals surface area (Å²) in [6, 6.07) is 9.40. The van der Waals surface area contributed by atoms with Crippen LogP contribution in [-0.2, 0) is 0 Å². The van der Waals surface area contributed by atoms with Crippen molar-refractivity contribution in [2.75, 3.05) is 0 Å². The molecule has 0 aliphatic heterocycles. The summed E-state index contributed by atoms with van der Waals surface area (Å²) in [5.41, 5.74) is 2.31. The summed E-state index contributed by atoms with van der Waals surface area (Å²) in [5.74, 6) is 0.504. The smallest absolute Gasteiger partial charge is 0.140 e. The minimum absolute atomic E-state index is 0.504. The molecule has 2 rings (SSSR count). The molecule has 0 fully saturated rings. The summed E-state index contributed by atoms with van der Waals surface area (Å²) in [6.07, 6.45) is 6.21. The number of rotatable bonds is 5. The fourth-order valence-electron chi connectivity index (χ4n) is 1.79. The molecule has 1 unspecified atom stereocenters. The molecule has 3 heteroatoms. The van der Waals surface area contributed by atoms with Crippen LogP contribution in [0.4, 0.5) is 0 Å². The fraction of sp³-hybridized carbons (Fsp3) is 0.0625. The minimum Gasteiger partial charge on any atom is -0.380 e. The Morgan fingerprint density at radius 3 is 2.58 bits per heavy atom. The van der Waals surface area contributed by atoms with Crippen molar-refractivity contribution in [1.29, 1.82) is 0 Å². The van der Waals surface area contributed by atoms with E-state index >= 15 is 0 Å². The lowest BCUT2D eigenvalue weighted by Crippen LogP contribution is -2.01. The second-order valence-corrected chi connectivity index (χ2v) is 4.03. The summed E-state index contributed by atoms with van der Waals surface area (Å²) in [4.78, 5) is 7.45. The molecule has 0 aliphatic carbocycles. The van der Waals surface area contributed by atoms with Crippen LogP contribution >= 0.6 is 0 Å². The standard InChI is InChI=1S/C16H16N2O/c1-3-5-11-14-13(4-2)17-16(18-14)15(19)12-9-7-6-8-10-12/h3-11,15,19H,1-2H2,(H,17,18)/b11-5-. The molecular weight excluding hydrogens is 236 g/mol. The normalized spacial score (nSPS) is 12.5. The number of H-pyrrole nitrogens is 1. The van der Waals surface area contributed by atoms with E-state index < -0.39 is 6.10 Å². The third kappa shape index (κ3) is 2.89. The lowest BCUT2D eigenvalue weighted by atomic mass is 10.1. The molecule has 0 radical (unpaired) electrons. The van der Waals surface area contributed by atoms with Gasteiger partial charge >= 0.3 is 0 Å². The van der Waals surface area contributed by atoms with Crippen LogP contribution in [0.3, 0.4) is 0 Å². The molecule has 1 heterocycles. The number of imidazole rings is 1. The molecule has 0 saturated heterocycles. The highest BCUT2D eigenvalue weighted by Crippen LogP contribution is 2.21. The van der Waals surface area contributed by atoms with Gasteiger partial charge in [0.05, 0.1) is 11.4 Å². The largest absolute Gasteiger partial charge is 0.380 e. The van der Waals surface area contributed by atoms with Crippen molar-refractivity contribution in [3.63, 3.8) is 0 Å². The first-order valence-corrected chi connectivity index (χ1v) is 6.00. The number of aliphatic hydroxyl groups is 1. The zero-order valence-electron chi connectivity index (χ0n) is 10.6. The number of aromatic amines is 1. The highest BCUT2D eigenvalue weighted by atomic mass is 16.3. The van der Waals surface area contributed by atoms with Gasteiger partial charge in [0.2, 0.25) is 0 Å². The topological polar surface area (TPSA) is 48.9 Å². The summed E-state index contributed by atoms with van der Waals surface area (Å²) in [7, 11) is 0. The van der Waals surface area contributed by atoms with Gasteiger partial charge in [-0.15, -0.1) is 0 Å². The molecule has 1 atom stereocenters. The number of allylic oxidation sites excluding steroid dienone is 2. The van der Waals surface area contributed by atoms with Gasteiger partial charge in [-0.3, -0.25) is 0 Å². The summed E-state index contributed by atoms with van der Waals surface area (Å²) in [6.45, 7) is 7.35. The van der Waals surface area contributed by atoms with Crippen LogP contribution in [0.2, 0.25) is 0 Å². The molecule has 0 spiro atoms. The molecule has 2 N–H and O–H groups in total. The van der Waals surface area contributed by atoms with Crippen LogP contribution in [0, 0.1) is 0 Å². The Labute approximate surface area is 112 Å². The Balaban J connectivity index is 2.35. The molecule has 0 bridgehead atoms. The van der Waals surface area contributed by atoms with Crippen LogP contribution in [0.15, 0.2) is 55.6 Å². The van der Waals surface area contributed by atoms with Gasteiger partial charge in [0, 0.05) is 0 Å². The van der Waals surface area contributed by atoms with E-state index in [0.717, 1.165) is 11.3 Å². The van der Waals surface area contributed by atoms with Gasteiger partial charge in [-0.25, -0.2) is 4.98 Å². The fourth-order valence-corrected chi connectivity index (χ4v) is 1.79. The van der Waals surface area contributed by atoms with Crippen LogP contribution < -0.4 is 0 Å². The predicted octanol–water partition coefficient (Wildman–Crippen LogP) is 3.33. The average Bonchev–Trinajstić information content (AvgIpc) is 2.88. The van der Waals surface area contributed by atoms with E-state index in [1.54, 1.807) is 18.2 Å². The number of nitrogens with one attached hydrogen (secondary N) is 1. The molecule has 0 amide bonds. The SMILES string of the molecule is C=C/C=C\c1[nH]c(C(O)c2ccccc2)nc1C=C. The Bertz CT molecular complexity index is 596. The summed E-state index contributed by atoms with van der Waals surface area (Å²) < 4.78 is 0. The number of hydrogen-bond donors (Lipinski definition) is 2. The molecule has 1 aromatic heterocycles. The van der Waals surface area contributed by atoms with Gasteiger partial charge in [0.25, 0.3) is 0 Å². The van der Waals surface area contributed by atoms with E-state index in [2.05, 4.69) is 23.1 Å². The summed E-state index contributed by atoms with van der Waals surface area (Å²) >= 11 is 0. The lowest BCUT2D eigenvalue weighted by molar-refractivity contribution is 0.211. The van der Waals surface area contributed by atoms with Crippen LogP contribution in [-0.4, -0.2) is 15.1 Å². The van der Waals surface area contributed by atoms with Crippen molar-refractivity contribution < 1.29 is 5.11 Å². The van der Waals surface area contributed by atoms with E-state index in [0.29, 0.717) is 11.5 Å². The maximum absolute atomic E-state index is 10.3. The number of hydrogen-bond acceptors (Lipinski definition) is 2. The van der Waals surface area contributed by atoms with Crippen LogP contribution in [0.25, 0.3) is 12.2 Å². The Morgan fingerprint density at radius 1 is 1.21 bits per heavy atom. The number of benzene rings is 1. The van der Waals surface area contributed by atoms with Crippen molar-refractivity contribution in [2.45, 2.75) is 6.10 Å². The van der Waals surface area contributed by atoms with Crippen LogP contribution in [0.5, 0.6) is 0 Å². The Kier molecular flexibility index (Phi) is 4.11. The second kappa shape index (κ2) is 5.98.